The Balaban J connectivity index is 1.83. The summed E-state index contributed by atoms with van der Waals surface area (Å²) >= 11 is 0. The molecule has 1 aromatic rings. The van der Waals surface area contributed by atoms with E-state index in [1.807, 2.05) is 26.2 Å². The molecule has 0 radical (unpaired) electrons. The van der Waals surface area contributed by atoms with E-state index in [0.29, 0.717) is 12.6 Å². The van der Waals surface area contributed by atoms with E-state index in [4.69, 9.17) is 9.47 Å². The zero-order chi connectivity index (χ0) is 13.5. The third kappa shape index (κ3) is 5.09. The number of hydrogen-bond donors (Lipinski definition) is 1. The van der Waals surface area contributed by atoms with Crippen LogP contribution in [0.4, 0.5) is 5.69 Å². The molecule has 2 rings (SSSR count). The van der Waals surface area contributed by atoms with Crippen molar-refractivity contribution in [2.45, 2.75) is 18.9 Å². The first-order valence-electron chi connectivity index (χ1n) is 6.96. The van der Waals surface area contributed by atoms with Gasteiger partial charge in [0, 0.05) is 30.9 Å². The molecule has 0 spiro atoms. The molecular weight excluding hydrogens is 240 g/mol. The number of hydrogen-bond acceptors (Lipinski definition) is 4. The molecule has 19 heavy (non-hydrogen) atoms. The fraction of sp³-hybridized carbons (Fsp3) is 0.600. The predicted molar refractivity (Wildman–Crippen MR) is 78.0 cm³/mol. The highest BCUT2D eigenvalue weighted by Crippen LogP contribution is 2.20. The van der Waals surface area contributed by atoms with Crippen LogP contribution in [-0.2, 0) is 4.74 Å². The van der Waals surface area contributed by atoms with Crippen LogP contribution in [0.3, 0.4) is 0 Å². The molecule has 1 aliphatic heterocycles. The Morgan fingerprint density at radius 1 is 1.42 bits per heavy atom. The normalized spacial score (nSPS) is 19.4. The molecule has 1 unspecified atom stereocenters. The van der Waals surface area contributed by atoms with Gasteiger partial charge in [-0.2, -0.15) is 0 Å². The van der Waals surface area contributed by atoms with Gasteiger partial charge in [0.2, 0.25) is 0 Å². The maximum absolute atomic E-state index is 5.73. The van der Waals surface area contributed by atoms with Crippen molar-refractivity contribution in [2.75, 3.05) is 45.8 Å². The van der Waals surface area contributed by atoms with E-state index in [0.717, 1.165) is 37.6 Å². The number of rotatable bonds is 6. The Kier molecular flexibility index (Phi) is 5.48. The van der Waals surface area contributed by atoms with Gasteiger partial charge in [-0.1, -0.05) is 6.07 Å². The average molecular weight is 264 g/mol. The quantitative estimate of drug-likeness (QED) is 0.854. The van der Waals surface area contributed by atoms with Gasteiger partial charge >= 0.3 is 0 Å². The molecule has 1 heterocycles. The second kappa shape index (κ2) is 7.36. The summed E-state index contributed by atoms with van der Waals surface area (Å²) in [4.78, 5) is 2.11. The summed E-state index contributed by atoms with van der Waals surface area (Å²) in [6, 6.07) is 8.58. The number of anilines is 1. The van der Waals surface area contributed by atoms with Crippen LogP contribution in [0.5, 0.6) is 5.75 Å². The van der Waals surface area contributed by atoms with Crippen molar-refractivity contribution in [3.05, 3.63) is 24.3 Å². The molecule has 4 nitrogen and oxygen atoms in total. The first-order chi connectivity index (χ1) is 9.24. The second-order valence-corrected chi connectivity index (χ2v) is 5.24. The number of nitrogens with one attached hydrogen (secondary N) is 1. The summed E-state index contributed by atoms with van der Waals surface area (Å²) in [5.74, 6) is 0.920. The lowest BCUT2D eigenvalue weighted by molar-refractivity contribution is 0.0876. The largest absolute Gasteiger partial charge is 0.492 e. The van der Waals surface area contributed by atoms with Gasteiger partial charge in [0.1, 0.15) is 12.4 Å². The van der Waals surface area contributed by atoms with Gasteiger partial charge in [-0.05, 0) is 39.1 Å². The molecule has 4 heteroatoms. The van der Waals surface area contributed by atoms with Crippen molar-refractivity contribution in [2.24, 2.45) is 0 Å². The molecule has 0 amide bonds. The summed E-state index contributed by atoms with van der Waals surface area (Å²) in [5.41, 5.74) is 1.11. The fourth-order valence-electron chi connectivity index (χ4n) is 2.11. The Morgan fingerprint density at radius 2 is 2.32 bits per heavy atom. The van der Waals surface area contributed by atoms with E-state index in [1.165, 1.54) is 6.42 Å². The molecule has 0 aromatic heterocycles. The molecular formula is C15H24N2O2. The number of likely N-dealkylation sites (N-methyl/N-ethyl adjacent to an activating group) is 1. The predicted octanol–water partition coefficient (Wildman–Crippen LogP) is 2.22. The van der Waals surface area contributed by atoms with Crippen LogP contribution in [0, 0.1) is 0 Å². The highest BCUT2D eigenvalue weighted by atomic mass is 16.5. The van der Waals surface area contributed by atoms with E-state index in [-0.39, 0.29) is 0 Å². The van der Waals surface area contributed by atoms with Gasteiger partial charge in [-0.15, -0.1) is 0 Å². The average Bonchev–Trinajstić information content (AvgIpc) is 2.40. The van der Waals surface area contributed by atoms with Crippen molar-refractivity contribution < 1.29 is 9.47 Å². The first kappa shape index (κ1) is 14.2. The minimum Gasteiger partial charge on any atom is -0.492 e. The molecule has 1 saturated heterocycles. The third-order valence-corrected chi connectivity index (χ3v) is 3.17. The Hall–Kier alpha value is -1.26. The van der Waals surface area contributed by atoms with E-state index in [1.54, 1.807) is 0 Å². The number of nitrogens with zero attached hydrogens (tertiary/aromatic N) is 1. The monoisotopic (exact) mass is 264 g/mol. The van der Waals surface area contributed by atoms with Crippen molar-refractivity contribution in [3.63, 3.8) is 0 Å². The zero-order valence-corrected chi connectivity index (χ0v) is 11.9. The molecule has 1 aromatic carbocycles. The molecule has 0 bridgehead atoms. The summed E-state index contributed by atoms with van der Waals surface area (Å²) in [7, 11) is 4.09. The van der Waals surface area contributed by atoms with Crippen molar-refractivity contribution in [1.82, 2.24) is 4.90 Å². The number of benzene rings is 1. The Labute approximate surface area is 115 Å². The maximum Gasteiger partial charge on any atom is 0.121 e. The lowest BCUT2D eigenvalue weighted by atomic mass is 10.1. The summed E-state index contributed by atoms with van der Waals surface area (Å²) in [5, 5.41) is 3.51. The zero-order valence-electron chi connectivity index (χ0n) is 11.9. The van der Waals surface area contributed by atoms with Crippen LogP contribution in [0.1, 0.15) is 12.8 Å². The molecule has 1 atom stereocenters. The van der Waals surface area contributed by atoms with Gasteiger partial charge in [-0.3, -0.25) is 0 Å². The lowest BCUT2D eigenvalue weighted by Crippen LogP contribution is -2.29. The Bertz CT molecular complexity index is 376. The van der Waals surface area contributed by atoms with E-state index in [9.17, 15) is 0 Å². The maximum atomic E-state index is 5.73. The minimum atomic E-state index is 0.422. The SMILES string of the molecule is CN(C)CCOc1cccc(NC2CCCOC2)c1. The minimum absolute atomic E-state index is 0.422. The van der Waals surface area contributed by atoms with Gasteiger partial charge in [0.25, 0.3) is 0 Å². The fourth-order valence-corrected chi connectivity index (χ4v) is 2.11. The van der Waals surface area contributed by atoms with Crippen LogP contribution in [0.25, 0.3) is 0 Å². The van der Waals surface area contributed by atoms with E-state index in [2.05, 4.69) is 22.3 Å². The Morgan fingerprint density at radius 3 is 3.05 bits per heavy atom. The van der Waals surface area contributed by atoms with Crippen molar-refractivity contribution in [1.29, 1.82) is 0 Å². The van der Waals surface area contributed by atoms with Gasteiger partial charge < -0.3 is 19.7 Å². The molecule has 1 N–H and O–H groups in total. The third-order valence-electron chi connectivity index (χ3n) is 3.17. The lowest BCUT2D eigenvalue weighted by Gasteiger charge is -2.24. The van der Waals surface area contributed by atoms with Crippen LogP contribution >= 0.6 is 0 Å². The summed E-state index contributed by atoms with van der Waals surface area (Å²) in [6.45, 7) is 3.33. The van der Waals surface area contributed by atoms with Gasteiger partial charge in [0.05, 0.1) is 6.61 Å². The standard InChI is InChI=1S/C15H24N2O2/c1-17(2)8-10-19-15-7-3-5-13(11-15)16-14-6-4-9-18-12-14/h3,5,7,11,14,16H,4,6,8-10,12H2,1-2H3. The van der Waals surface area contributed by atoms with Gasteiger partial charge in [-0.25, -0.2) is 0 Å². The molecule has 0 aliphatic carbocycles. The van der Waals surface area contributed by atoms with Crippen LogP contribution in [0.15, 0.2) is 24.3 Å². The van der Waals surface area contributed by atoms with Crippen molar-refractivity contribution >= 4 is 5.69 Å². The summed E-state index contributed by atoms with van der Waals surface area (Å²) in [6.07, 6.45) is 2.31. The van der Waals surface area contributed by atoms with Crippen LogP contribution < -0.4 is 10.1 Å². The van der Waals surface area contributed by atoms with E-state index < -0.39 is 0 Å². The van der Waals surface area contributed by atoms with Gasteiger partial charge in [0.15, 0.2) is 0 Å². The topological polar surface area (TPSA) is 33.7 Å². The van der Waals surface area contributed by atoms with E-state index >= 15 is 0 Å². The second-order valence-electron chi connectivity index (χ2n) is 5.24. The molecule has 1 aliphatic rings. The molecule has 1 fully saturated rings. The highest BCUT2D eigenvalue weighted by Gasteiger charge is 2.13. The van der Waals surface area contributed by atoms with Crippen LogP contribution in [0.2, 0.25) is 0 Å². The summed E-state index contributed by atoms with van der Waals surface area (Å²) < 4.78 is 11.2. The molecule has 0 saturated carbocycles. The van der Waals surface area contributed by atoms with Crippen LogP contribution in [-0.4, -0.2) is 51.4 Å². The van der Waals surface area contributed by atoms with Crippen molar-refractivity contribution in [3.8, 4) is 5.75 Å². The smallest absolute Gasteiger partial charge is 0.121 e. The number of ether oxygens (including phenoxy) is 2. The highest BCUT2D eigenvalue weighted by molar-refractivity contribution is 5.48. The first-order valence-corrected chi connectivity index (χ1v) is 6.96. The molecule has 106 valence electrons.